The van der Waals surface area contributed by atoms with E-state index in [0.717, 1.165) is 0 Å². The summed E-state index contributed by atoms with van der Waals surface area (Å²) in [6, 6.07) is 0. The van der Waals surface area contributed by atoms with Gasteiger partial charge in [-0.1, -0.05) is 27.2 Å². The predicted molar refractivity (Wildman–Crippen MR) is 77.2 cm³/mol. The third-order valence-corrected chi connectivity index (χ3v) is 4.46. The van der Waals surface area contributed by atoms with Crippen molar-refractivity contribution in [2.75, 3.05) is 0 Å². The number of aliphatic carboxylic acids is 1. The fourth-order valence-electron chi connectivity index (χ4n) is 3.29. The topological polar surface area (TPSA) is 46.5 Å². The van der Waals surface area contributed by atoms with Crippen molar-refractivity contribution in [3.63, 3.8) is 0 Å². The van der Waals surface area contributed by atoms with Crippen LogP contribution in [0.1, 0.15) is 66.7 Å². The van der Waals surface area contributed by atoms with E-state index >= 15 is 0 Å². The second-order valence-electron chi connectivity index (χ2n) is 7.15. The van der Waals surface area contributed by atoms with Gasteiger partial charge in [-0.15, -0.1) is 0 Å². The van der Waals surface area contributed by atoms with Gasteiger partial charge in [0.1, 0.15) is 0 Å². The largest absolute Gasteiger partial charge is 0.481 e. The lowest BCUT2D eigenvalue weighted by Gasteiger charge is -2.38. The van der Waals surface area contributed by atoms with Crippen LogP contribution in [0.4, 0.5) is 0 Å². The average molecular weight is 270 g/mol. The molecule has 1 rings (SSSR count). The SMILES string of the molecule is CC(CC(C)C(=O)O)OC(C)C1CCCC(C)(C)C1. The molecule has 0 saturated heterocycles. The standard InChI is InChI=1S/C16H30O3/c1-11(15(17)18)9-12(2)19-13(3)14-7-6-8-16(4,5)10-14/h11-14H,6-10H2,1-5H3,(H,17,18). The molecule has 0 bridgehead atoms. The van der Waals surface area contributed by atoms with Crippen LogP contribution in [0.25, 0.3) is 0 Å². The Morgan fingerprint density at radius 1 is 1.37 bits per heavy atom. The lowest BCUT2D eigenvalue weighted by Crippen LogP contribution is -2.33. The highest BCUT2D eigenvalue weighted by Gasteiger charge is 2.32. The van der Waals surface area contributed by atoms with E-state index in [2.05, 4.69) is 20.8 Å². The maximum atomic E-state index is 10.9. The summed E-state index contributed by atoms with van der Waals surface area (Å²) in [4.78, 5) is 10.9. The highest BCUT2D eigenvalue weighted by molar-refractivity contribution is 5.69. The van der Waals surface area contributed by atoms with Crippen LogP contribution in [-0.2, 0) is 9.53 Å². The first-order valence-corrected chi connectivity index (χ1v) is 7.59. The van der Waals surface area contributed by atoms with E-state index in [1.807, 2.05) is 6.92 Å². The van der Waals surface area contributed by atoms with Gasteiger partial charge in [0, 0.05) is 0 Å². The Morgan fingerprint density at radius 2 is 2.00 bits per heavy atom. The Morgan fingerprint density at radius 3 is 2.53 bits per heavy atom. The van der Waals surface area contributed by atoms with Gasteiger partial charge in [0.15, 0.2) is 0 Å². The molecule has 4 atom stereocenters. The van der Waals surface area contributed by atoms with Crippen LogP contribution in [0, 0.1) is 17.3 Å². The van der Waals surface area contributed by atoms with Crippen molar-refractivity contribution in [1.29, 1.82) is 0 Å². The summed E-state index contributed by atoms with van der Waals surface area (Å²) in [5, 5.41) is 8.93. The summed E-state index contributed by atoms with van der Waals surface area (Å²) in [5.74, 6) is -0.446. The molecule has 4 unspecified atom stereocenters. The van der Waals surface area contributed by atoms with Crippen LogP contribution >= 0.6 is 0 Å². The first-order valence-electron chi connectivity index (χ1n) is 7.59. The summed E-state index contributed by atoms with van der Waals surface area (Å²) < 4.78 is 6.04. The van der Waals surface area contributed by atoms with Crippen molar-refractivity contribution < 1.29 is 14.6 Å². The highest BCUT2D eigenvalue weighted by atomic mass is 16.5. The molecule has 112 valence electrons. The van der Waals surface area contributed by atoms with Gasteiger partial charge >= 0.3 is 5.97 Å². The van der Waals surface area contributed by atoms with Gasteiger partial charge in [-0.3, -0.25) is 4.79 Å². The van der Waals surface area contributed by atoms with Crippen molar-refractivity contribution in [3.8, 4) is 0 Å². The number of hydrogen-bond donors (Lipinski definition) is 1. The number of carbonyl (C=O) groups is 1. The Hall–Kier alpha value is -0.570. The second-order valence-corrected chi connectivity index (χ2v) is 7.15. The first-order chi connectivity index (χ1) is 8.71. The highest BCUT2D eigenvalue weighted by Crippen LogP contribution is 2.40. The van der Waals surface area contributed by atoms with Gasteiger partial charge in [0.25, 0.3) is 0 Å². The molecular formula is C16H30O3. The smallest absolute Gasteiger partial charge is 0.306 e. The van der Waals surface area contributed by atoms with Crippen LogP contribution in [0.2, 0.25) is 0 Å². The molecule has 0 aromatic rings. The van der Waals surface area contributed by atoms with Crippen LogP contribution in [-0.4, -0.2) is 23.3 Å². The molecule has 0 aromatic carbocycles. The van der Waals surface area contributed by atoms with Crippen molar-refractivity contribution in [1.82, 2.24) is 0 Å². The lowest BCUT2D eigenvalue weighted by molar-refractivity contribution is -0.143. The summed E-state index contributed by atoms with van der Waals surface area (Å²) in [6.45, 7) is 10.6. The van der Waals surface area contributed by atoms with Crippen molar-refractivity contribution >= 4 is 5.97 Å². The third kappa shape index (κ3) is 5.52. The van der Waals surface area contributed by atoms with E-state index in [4.69, 9.17) is 9.84 Å². The number of ether oxygens (including phenoxy) is 1. The van der Waals surface area contributed by atoms with E-state index < -0.39 is 5.97 Å². The molecule has 1 saturated carbocycles. The molecule has 19 heavy (non-hydrogen) atoms. The molecular weight excluding hydrogens is 240 g/mol. The molecule has 3 heteroatoms. The van der Waals surface area contributed by atoms with Gasteiger partial charge in [-0.25, -0.2) is 0 Å². The number of hydrogen-bond acceptors (Lipinski definition) is 2. The van der Waals surface area contributed by atoms with E-state index in [9.17, 15) is 4.79 Å². The Balaban J connectivity index is 2.41. The van der Waals surface area contributed by atoms with Crippen molar-refractivity contribution in [2.24, 2.45) is 17.3 Å². The zero-order valence-corrected chi connectivity index (χ0v) is 13.1. The molecule has 0 heterocycles. The van der Waals surface area contributed by atoms with Crippen molar-refractivity contribution in [2.45, 2.75) is 78.9 Å². The minimum absolute atomic E-state index is 0.0196. The van der Waals surface area contributed by atoms with Crippen LogP contribution < -0.4 is 0 Å². The predicted octanol–water partition coefficient (Wildman–Crippen LogP) is 4.11. The van der Waals surface area contributed by atoms with Crippen molar-refractivity contribution in [3.05, 3.63) is 0 Å². The molecule has 1 aliphatic rings. The van der Waals surface area contributed by atoms with Gasteiger partial charge in [0.2, 0.25) is 0 Å². The molecule has 1 N–H and O–H groups in total. The zero-order valence-electron chi connectivity index (χ0n) is 13.1. The number of rotatable bonds is 6. The molecule has 0 aromatic heterocycles. The lowest BCUT2D eigenvalue weighted by atomic mass is 9.71. The van der Waals surface area contributed by atoms with Crippen LogP contribution in [0.5, 0.6) is 0 Å². The van der Waals surface area contributed by atoms with E-state index in [-0.39, 0.29) is 18.1 Å². The van der Waals surface area contributed by atoms with Crippen LogP contribution in [0.15, 0.2) is 0 Å². The Labute approximate surface area is 117 Å². The third-order valence-electron chi connectivity index (χ3n) is 4.46. The summed E-state index contributed by atoms with van der Waals surface area (Å²) in [6.07, 6.45) is 5.89. The first kappa shape index (κ1) is 16.5. The molecule has 3 nitrogen and oxygen atoms in total. The quantitative estimate of drug-likeness (QED) is 0.790. The van der Waals surface area contributed by atoms with E-state index in [0.29, 0.717) is 17.8 Å². The summed E-state index contributed by atoms with van der Waals surface area (Å²) in [5.41, 5.74) is 0.429. The second kappa shape index (κ2) is 6.74. The van der Waals surface area contributed by atoms with Gasteiger partial charge < -0.3 is 9.84 Å². The minimum atomic E-state index is -0.734. The molecule has 1 aliphatic carbocycles. The fourth-order valence-corrected chi connectivity index (χ4v) is 3.29. The number of carboxylic acids is 1. The molecule has 1 fully saturated rings. The molecule has 0 amide bonds. The van der Waals surface area contributed by atoms with Gasteiger partial charge in [0.05, 0.1) is 18.1 Å². The zero-order chi connectivity index (χ0) is 14.6. The normalized spacial score (nSPS) is 27.5. The maximum absolute atomic E-state index is 10.9. The monoisotopic (exact) mass is 270 g/mol. The van der Waals surface area contributed by atoms with Gasteiger partial charge in [-0.2, -0.15) is 0 Å². The maximum Gasteiger partial charge on any atom is 0.306 e. The molecule has 0 spiro atoms. The average Bonchev–Trinajstić information content (AvgIpc) is 2.27. The molecule has 0 aliphatic heterocycles. The van der Waals surface area contributed by atoms with Gasteiger partial charge in [-0.05, 0) is 50.9 Å². The number of carboxylic acid groups (broad SMARTS) is 1. The minimum Gasteiger partial charge on any atom is -0.481 e. The van der Waals surface area contributed by atoms with Crippen LogP contribution in [0.3, 0.4) is 0 Å². The summed E-state index contributed by atoms with van der Waals surface area (Å²) in [7, 11) is 0. The van der Waals surface area contributed by atoms with E-state index in [1.165, 1.54) is 25.7 Å². The Bertz CT molecular complexity index is 298. The Kier molecular flexibility index (Phi) is 5.84. The van der Waals surface area contributed by atoms with E-state index in [1.54, 1.807) is 6.92 Å². The summed E-state index contributed by atoms with van der Waals surface area (Å²) >= 11 is 0. The molecule has 0 radical (unpaired) electrons. The fraction of sp³-hybridized carbons (Fsp3) is 0.938.